The Bertz CT molecular complexity index is 821. The van der Waals surface area contributed by atoms with E-state index in [9.17, 15) is 4.79 Å². The van der Waals surface area contributed by atoms with Crippen molar-refractivity contribution in [3.8, 4) is 0 Å². The lowest BCUT2D eigenvalue weighted by molar-refractivity contribution is 0.136. The molecule has 1 unspecified atom stereocenters. The molecule has 3 nitrogen and oxygen atoms in total. The number of aryl methyl sites for hydroxylation is 1. The molecule has 1 N–H and O–H groups in total. The minimum absolute atomic E-state index is 0.0402. The lowest BCUT2D eigenvalue weighted by Gasteiger charge is -2.17. The van der Waals surface area contributed by atoms with Gasteiger partial charge in [-0.1, -0.05) is 36.4 Å². The number of methoxy groups -OCH3 is 1. The molecule has 3 rings (SSSR count). The van der Waals surface area contributed by atoms with Crippen molar-refractivity contribution in [1.82, 2.24) is 4.98 Å². The summed E-state index contributed by atoms with van der Waals surface area (Å²) in [7, 11) is 1.71. The van der Waals surface area contributed by atoms with Crippen LogP contribution in [0.4, 0.5) is 0 Å². The number of benzene rings is 2. The van der Waals surface area contributed by atoms with Gasteiger partial charge in [0.1, 0.15) is 6.10 Å². The standard InChI is InChI=1S/C18H17NO2/c1-12-10-15-11-14(8-9-16(15)19-18(12)20)17(21-2)13-6-4-3-5-7-13/h3-11,17H,1-2H3,(H,19,20). The molecule has 0 aliphatic carbocycles. The van der Waals surface area contributed by atoms with Crippen LogP contribution in [0.25, 0.3) is 10.9 Å². The van der Waals surface area contributed by atoms with E-state index in [2.05, 4.69) is 23.2 Å². The number of fused-ring (bicyclic) bond motifs is 1. The molecule has 0 saturated carbocycles. The van der Waals surface area contributed by atoms with E-state index in [1.165, 1.54) is 0 Å². The Balaban J connectivity index is 2.11. The molecule has 1 aromatic heterocycles. The largest absolute Gasteiger partial charge is 0.372 e. The maximum absolute atomic E-state index is 11.6. The Hall–Kier alpha value is -2.39. The van der Waals surface area contributed by atoms with Gasteiger partial charge in [0.05, 0.1) is 0 Å². The highest BCUT2D eigenvalue weighted by molar-refractivity contribution is 5.79. The summed E-state index contributed by atoms with van der Waals surface area (Å²) < 4.78 is 5.65. The molecule has 3 heteroatoms. The van der Waals surface area contributed by atoms with Gasteiger partial charge < -0.3 is 9.72 Å². The molecular formula is C18H17NO2. The Kier molecular flexibility index (Phi) is 3.59. The predicted molar refractivity (Wildman–Crippen MR) is 84.6 cm³/mol. The van der Waals surface area contributed by atoms with Crippen molar-refractivity contribution in [2.45, 2.75) is 13.0 Å². The van der Waals surface area contributed by atoms with Gasteiger partial charge in [0.2, 0.25) is 0 Å². The average molecular weight is 279 g/mol. The van der Waals surface area contributed by atoms with E-state index in [0.29, 0.717) is 5.56 Å². The molecule has 21 heavy (non-hydrogen) atoms. The first kappa shape index (κ1) is 13.6. The minimum atomic E-state index is -0.108. The van der Waals surface area contributed by atoms with Crippen LogP contribution in [-0.2, 0) is 4.74 Å². The molecule has 0 amide bonds. The molecule has 0 radical (unpaired) electrons. The van der Waals surface area contributed by atoms with Gasteiger partial charge in [0.15, 0.2) is 0 Å². The highest BCUT2D eigenvalue weighted by Crippen LogP contribution is 2.27. The second kappa shape index (κ2) is 5.54. The number of nitrogens with one attached hydrogen (secondary N) is 1. The van der Waals surface area contributed by atoms with Crippen molar-refractivity contribution in [3.05, 3.63) is 81.6 Å². The maximum atomic E-state index is 11.6. The molecule has 0 aliphatic heterocycles. The van der Waals surface area contributed by atoms with Crippen molar-refractivity contribution in [3.63, 3.8) is 0 Å². The number of aromatic amines is 1. The fourth-order valence-electron chi connectivity index (χ4n) is 2.59. The quantitative estimate of drug-likeness (QED) is 0.796. The summed E-state index contributed by atoms with van der Waals surface area (Å²) in [5.74, 6) is 0. The van der Waals surface area contributed by atoms with E-state index in [1.807, 2.05) is 43.3 Å². The van der Waals surface area contributed by atoms with Gasteiger partial charge in [0, 0.05) is 18.2 Å². The van der Waals surface area contributed by atoms with Crippen LogP contribution in [0.2, 0.25) is 0 Å². The van der Waals surface area contributed by atoms with Crippen LogP contribution in [0, 0.1) is 6.92 Å². The smallest absolute Gasteiger partial charge is 0.251 e. The molecule has 0 spiro atoms. The zero-order valence-electron chi connectivity index (χ0n) is 12.1. The van der Waals surface area contributed by atoms with Crippen LogP contribution in [0.15, 0.2) is 59.4 Å². The molecule has 106 valence electrons. The van der Waals surface area contributed by atoms with Crippen LogP contribution in [0.1, 0.15) is 22.8 Å². The summed E-state index contributed by atoms with van der Waals surface area (Å²) in [5.41, 5.74) is 3.70. The first-order chi connectivity index (χ1) is 10.2. The number of aromatic nitrogens is 1. The first-order valence-electron chi connectivity index (χ1n) is 6.90. The number of hydrogen-bond acceptors (Lipinski definition) is 2. The lowest BCUT2D eigenvalue weighted by atomic mass is 9.99. The molecule has 3 aromatic rings. The van der Waals surface area contributed by atoms with Gasteiger partial charge in [-0.3, -0.25) is 4.79 Å². The topological polar surface area (TPSA) is 42.1 Å². The zero-order chi connectivity index (χ0) is 14.8. The van der Waals surface area contributed by atoms with Crippen molar-refractivity contribution in [1.29, 1.82) is 0 Å². The SMILES string of the molecule is COC(c1ccccc1)c1ccc2[nH]c(=O)c(C)cc2c1. The summed E-state index contributed by atoms with van der Waals surface area (Å²) in [4.78, 5) is 14.5. The minimum Gasteiger partial charge on any atom is -0.372 e. The Morgan fingerprint density at radius 1 is 1.00 bits per heavy atom. The van der Waals surface area contributed by atoms with Crippen molar-refractivity contribution >= 4 is 10.9 Å². The third kappa shape index (κ3) is 2.60. The monoisotopic (exact) mass is 279 g/mol. The second-order valence-corrected chi connectivity index (χ2v) is 5.15. The summed E-state index contributed by atoms with van der Waals surface area (Å²) in [6, 6.07) is 18.0. The Morgan fingerprint density at radius 2 is 1.76 bits per heavy atom. The summed E-state index contributed by atoms with van der Waals surface area (Å²) >= 11 is 0. The zero-order valence-corrected chi connectivity index (χ0v) is 12.1. The van der Waals surface area contributed by atoms with E-state index in [4.69, 9.17) is 4.74 Å². The molecular weight excluding hydrogens is 262 g/mol. The summed E-state index contributed by atoms with van der Waals surface area (Å²) in [5, 5.41) is 1.02. The van der Waals surface area contributed by atoms with Crippen LogP contribution in [0.5, 0.6) is 0 Å². The van der Waals surface area contributed by atoms with Crippen molar-refractivity contribution in [2.75, 3.05) is 7.11 Å². The van der Waals surface area contributed by atoms with Crippen LogP contribution in [0.3, 0.4) is 0 Å². The molecule has 1 atom stereocenters. The van der Waals surface area contributed by atoms with E-state index in [0.717, 1.165) is 22.0 Å². The van der Waals surface area contributed by atoms with Crippen LogP contribution >= 0.6 is 0 Å². The number of ether oxygens (including phenoxy) is 1. The van der Waals surface area contributed by atoms with Crippen molar-refractivity contribution in [2.24, 2.45) is 0 Å². The van der Waals surface area contributed by atoms with Crippen molar-refractivity contribution < 1.29 is 4.74 Å². The highest BCUT2D eigenvalue weighted by atomic mass is 16.5. The third-order valence-corrected chi connectivity index (χ3v) is 3.69. The fourth-order valence-corrected chi connectivity index (χ4v) is 2.59. The summed E-state index contributed by atoms with van der Waals surface area (Å²) in [6.45, 7) is 1.82. The number of pyridine rings is 1. The normalized spacial score (nSPS) is 12.5. The molecule has 0 aliphatic rings. The maximum Gasteiger partial charge on any atom is 0.251 e. The molecule has 0 fully saturated rings. The molecule has 1 heterocycles. The van der Waals surface area contributed by atoms with E-state index in [1.54, 1.807) is 7.11 Å². The Morgan fingerprint density at radius 3 is 2.48 bits per heavy atom. The lowest BCUT2D eigenvalue weighted by Crippen LogP contribution is -2.09. The molecule has 0 saturated heterocycles. The van der Waals surface area contributed by atoms with E-state index in [-0.39, 0.29) is 11.7 Å². The van der Waals surface area contributed by atoms with Crippen LogP contribution < -0.4 is 5.56 Å². The van der Waals surface area contributed by atoms with Gasteiger partial charge in [0.25, 0.3) is 5.56 Å². The van der Waals surface area contributed by atoms with Gasteiger partial charge in [-0.05, 0) is 41.6 Å². The average Bonchev–Trinajstić information content (AvgIpc) is 2.50. The highest BCUT2D eigenvalue weighted by Gasteiger charge is 2.13. The van der Waals surface area contributed by atoms with Gasteiger partial charge >= 0.3 is 0 Å². The van der Waals surface area contributed by atoms with Gasteiger partial charge in [-0.15, -0.1) is 0 Å². The van der Waals surface area contributed by atoms with E-state index < -0.39 is 0 Å². The van der Waals surface area contributed by atoms with E-state index >= 15 is 0 Å². The van der Waals surface area contributed by atoms with Gasteiger partial charge in [-0.2, -0.15) is 0 Å². The second-order valence-electron chi connectivity index (χ2n) is 5.15. The third-order valence-electron chi connectivity index (χ3n) is 3.69. The number of hydrogen-bond donors (Lipinski definition) is 1. The summed E-state index contributed by atoms with van der Waals surface area (Å²) in [6.07, 6.45) is -0.108. The molecule has 0 bridgehead atoms. The number of rotatable bonds is 3. The number of H-pyrrole nitrogens is 1. The predicted octanol–water partition coefficient (Wildman–Crippen LogP) is 3.57. The van der Waals surface area contributed by atoms with Gasteiger partial charge in [-0.25, -0.2) is 0 Å². The first-order valence-corrected chi connectivity index (χ1v) is 6.90. The van der Waals surface area contributed by atoms with Crippen LogP contribution in [-0.4, -0.2) is 12.1 Å². The fraction of sp³-hybridized carbons (Fsp3) is 0.167. The Labute approximate surface area is 123 Å². The molecule has 2 aromatic carbocycles.